The van der Waals surface area contributed by atoms with Crippen LogP contribution < -0.4 is 5.32 Å². The van der Waals surface area contributed by atoms with Gasteiger partial charge in [-0.3, -0.25) is 4.79 Å². The molecule has 29 heavy (non-hydrogen) atoms. The highest BCUT2D eigenvalue weighted by Gasteiger charge is 2.12. The number of nitrogens with one attached hydrogen (secondary N) is 2. The third-order valence-corrected chi connectivity index (χ3v) is 5.25. The molecule has 0 aliphatic heterocycles. The number of aromatic nitrogens is 5. The second-order valence-electron chi connectivity index (χ2n) is 6.76. The highest BCUT2D eigenvalue weighted by atomic mass is 32.2. The smallest absolute Gasteiger partial charge is 0.227 e. The lowest BCUT2D eigenvalue weighted by Gasteiger charge is -1.98. The predicted molar refractivity (Wildman–Crippen MR) is 108 cm³/mol. The molecular formula is C19H20N6O3S. The molecule has 0 spiro atoms. The molecular weight excluding hydrogens is 392 g/mol. The molecule has 0 atom stereocenters. The zero-order valence-corrected chi connectivity index (χ0v) is 17.1. The largest absolute Gasteiger partial charge is 0.360 e. The molecule has 0 radical (unpaired) electrons. The van der Waals surface area contributed by atoms with Crippen LogP contribution in [0.3, 0.4) is 0 Å². The molecule has 0 aliphatic carbocycles. The number of nitrogens with zero attached hydrogens (tertiary/aromatic N) is 4. The number of benzene rings is 1. The molecule has 3 aromatic heterocycles. The quantitative estimate of drug-likeness (QED) is 0.440. The summed E-state index contributed by atoms with van der Waals surface area (Å²) >= 11 is 1.50. The first-order valence-electron chi connectivity index (χ1n) is 9.10. The summed E-state index contributed by atoms with van der Waals surface area (Å²) in [6.07, 6.45) is 0.562. The van der Waals surface area contributed by atoms with Gasteiger partial charge in [0.25, 0.3) is 0 Å². The average molecular weight is 412 g/mol. The highest BCUT2D eigenvalue weighted by molar-refractivity contribution is 7.98. The minimum absolute atomic E-state index is 0.194. The molecule has 4 rings (SSSR count). The van der Waals surface area contributed by atoms with Crippen molar-refractivity contribution in [3.05, 3.63) is 46.8 Å². The number of hydrogen-bond donors (Lipinski definition) is 2. The molecule has 0 bridgehead atoms. The van der Waals surface area contributed by atoms with Crippen LogP contribution in [0.2, 0.25) is 0 Å². The van der Waals surface area contributed by atoms with Gasteiger partial charge >= 0.3 is 0 Å². The minimum Gasteiger partial charge on any atom is -0.360 e. The van der Waals surface area contributed by atoms with Gasteiger partial charge in [-0.05, 0) is 44.0 Å². The van der Waals surface area contributed by atoms with E-state index < -0.39 is 0 Å². The molecule has 4 aromatic rings. The van der Waals surface area contributed by atoms with E-state index in [1.54, 1.807) is 13.0 Å². The number of thioether (sulfide) groups is 1. The van der Waals surface area contributed by atoms with Crippen LogP contribution in [-0.4, -0.2) is 31.2 Å². The van der Waals surface area contributed by atoms with Crippen molar-refractivity contribution >= 4 is 34.5 Å². The van der Waals surface area contributed by atoms with Gasteiger partial charge < -0.3 is 19.3 Å². The van der Waals surface area contributed by atoms with Gasteiger partial charge in [0.2, 0.25) is 11.8 Å². The van der Waals surface area contributed by atoms with Crippen molar-refractivity contribution in [3.8, 4) is 0 Å². The van der Waals surface area contributed by atoms with Crippen LogP contribution in [0.4, 0.5) is 5.82 Å². The molecule has 0 saturated carbocycles. The zero-order valence-electron chi connectivity index (χ0n) is 16.3. The van der Waals surface area contributed by atoms with Gasteiger partial charge in [0, 0.05) is 18.9 Å². The van der Waals surface area contributed by atoms with Gasteiger partial charge in [-0.2, -0.15) is 4.98 Å². The molecule has 9 nitrogen and oxygen atoms in total. The lowest BCUT2D eigenvalue weighted by Crippen LogP contribution is -2.12. The number of carbonyl (C=O) groups is 1. The Balaban J connectivity index is 1.29. The third kappa shape index (κ3) is 4.65. The molecule has 10 heteroatoms. The number of amides is 1. The van der Waals surface area contributed by atoms with Crippen molar-refractivity contribution in [1.82, 2.24) is 25.3 Å². The summed E-state index contributed by atoms with van der Waals surface area (Å²) in [7, 11) is 0. The molecule has 150 valence electrons. The van der Waals surface area contributed by atoms with Crippen molar-refractivity contribution in [3.63, 3.8) is 0 Å². The Morgan fingerprint density at radius 1 is 1.10 bits per heavy atom. The van der Waals surface area contributed by atoms with Crippen LogP contribution in [0.25, 0.3) is 11.0 Å². The summed E-state index contributed by atoms with van der Waals surface area (Å²) < 4.78 is 10.1. The fourth-order valence-corrected chi connectivity index (χ4v) is 3.48. The van der Waals surface area contributed by atoms with Crippen LogP contribution in [0.15, 0.2) is 32.4 Å². The van der Waals surface area contributed by atoms with E-state index in [0.717, 1.165) is 16.2 Å². The standard InChI is InChI=1S/C19H20N6O3S/c1-10-6-13-14(7-11(10)2)21-19(20-13)29-9-16-23-18(28-25-16)5-4-17(26)22-15-8-12(3)27-24-15/h6-8H,4-5,9H2,1-3H3,(H,20,21)(H,22,24,26). The topological polar surface area (TPSA) is 123 Å². The summed E-state index contributed by atoms with van der Waals surface area (Å²) in [4.78, 5) is 24.2. The van der Waals surface area contributed by atoms with Crippen molar-refractivity contribution in [2.45, 2.75) is 44.5 Å². The molecule has 1 aromatic carbocycles. The molecule has 2 N–H and O–H groups in total. The number of H-pyrrole nitrogens is 1. The molecule has 0 aliphatic rings. The Labute approximate surface area is 170 Å². The Bertz CT molecular complexity index is 1120. The van der Waals surface area contributed by atoms with Gasteiger partial charge in [-0.25, -0.2) is 4.98 Å². The fraction of sp³-hybridized carbons (Fsp3) is 0.316. The van der Waals surface area contributed by atoms with E-state index in [0.29, 0.717) is 35.5 Å². The second kappa shape index (κ2) is 8.08. The maximum atomic E-state index is 11.9. The minimum atomic E-state index is -0.194. The normalized spacial score (nSPS) is 11.3. The summed E-state index contributed by atoms with van der Waals surface area (Å²) in [6, 6.07) is 5.82. The zero-order chi connectivity index (χ0) is 20.4. The van der Waals surface area contributed by atoms with Gasteiger partial charge in [-0.15, -0.1) is 0 Å². The van der Waals surface area contributed by atoms with E-state index in [4.69, 9.17) is 9.05 Å². The second-order valence-corrected chi connectivity index (χ2v) is 7.72. The van der Waals surface area contributed by atoms with Gasteiger partial charge in [-0.1, -0.05) is 22.1 Å². The lowest BCUT2D eigenvalue weighted by molar-refractivity contribution is -0.116. The predicted octanol–water partition coefficient (Wildman–Crippen LogP) is 3.72. The first kappa shape index (κ1) is 19.2. The van der Waals surface area contributed by atoms with E-state index in [1.807, 2.05) is 0 Å². The van der Waals surface area contributed by atoms with Crippen LogP contribution in [0.1, 0.15) is 35.0 Å². The molecule has 0 unspecified atom stereocenters. The summed E-state index contributed by atoms with van der Waals surface area (Å²) in [5.74, 6) is 2.33. The van der Waals surface area contributed by atoms with E-state index in [9.17, 15) is 4.79 Å². The van der Waals surface area contributed by atoms with Gasteiger partial charge in [0.1, 0.15) is 5.76 Å². The molecule has 3 heterocycles. The number of hydrogen-bond acceptors (Lipinski definition) is 8. The van der Waals surface area contributed by atoms with E-state index in [1.165, 1.54) is 22.9 Å². The number of aromatic amines is 1. The van der Waals surface area contributed by atoms with E-state index >= 15 is 0 Å². The first-order valence-corrected chi connectivity index (χ1v) is 10.1. The van der Waals surface area contributed by atoms with Gasteiger partial charge in [0.15, 0.2) is 16.8 Å². The number of fused-ring (bicyclic) bond motifs is 1. The van der Waals surface area contributed by atoms with Crippen LogP contribution >= 0.6 is 11.8 Å². The van der Waals surface area contributed by atoms with Crippen LogP contribution in [0, 0.1) is 20.8 Å². The van der Waals surface area contributed by atoms with Crippen LogP contribution in [-0.2, 0) is 17.0 Å². The van der Waals surface area contributed by atoms with Crippen molar-refractivity contribution in [1.29, 1.82) is 0 Å². The maximum absolute atomic E-state index is 11.9. The van der Waals surface area contributed by atoms with Gasteiger partial charge in [0.05, 0.1) is 16.8 Å². The van der Waals surface area contributed by atoms with E-state index in [-0.39, 0.29) is 12.3 Å². The summed E-state index contributed by atoms with van der Waals surface area (Å²) in [5, 5.41) is 11.2. The maximum Gasteiger partial charge on any atom is 0.227 e. The summed E-state index contributed by atoms with van der Waals surface area (Å²) in [5.41, 5.74) is 4.39. The first-order chi connectivity index (χ1) is 14.0. The Morgan fingerprint density at radius 3 is 2.72 bits per heavy atom. The Morgan fingerprint density at radius 2 is 1.93 bits per heavy atom. The highest BCUT2D eigenvalue weighted by Crippen LogP contribution is 2.24. The number of rotatable bonds is 7. The number of carbonyl (C=O) groups excluding carboxylic acids is 1. The molecule has 1 amide bonds. The van der Waals surface area contributed by atoms with Crippen molar-refractivity contribution < 1.29 is 13.8 Å². The number of aryl methyl sites for hydroxylation is 4. The van der Waals surface area contributed by atoms with Crippen molar-refractivity contribution in [2.75, 3.05) is 5.32 Å². The third-order valence-electron chi connectivity index (χ3n) is 4.39. The fourth-order valence-electron chi connectivity index (χ4n) is 2.75. The number of anilines is 1. The Kier molecular flexibility index (Phi) is 5.34. The van der Waals surface area contributed by atoms with Crippen molar-refractivity contribution in [2.24, 2.45) is 0 Å². The average Bonchev–Trinajstić information content (AvgIpc) is 3.39. The van der Waals surface area contributed by atoms with Crippen LogP contribution in [0.5, 0.6) is 0 Å². The monoisotopic (exact) mass is 412 g/mol. The molecule has 0 fully saturated rings. The van der Waals surface area contributed by atoms with E-state index in [2.05, 4.69) is 56.6 Å². The lowest BCUT2D eigenvalue weighted by atomic mass is 10.1. The Hall–Kier alpha value is -3.14. The summed E-state index contributed by atoms with van der Waals surface area (Å²) in [6.45, 7) is 5.91. The SMILES string of the molecule is Cc1cc(NC(=O)CCc2nc(CSc3nc4cc(C)c(C)cc4[nH]3)no2)no1. The molecule has 0 saturated heterocycles. The number of imidazole rings is 1.